The summed E-state index contributed by atoms with van der Waals surface area (Å²) in [4.78, 5) is 10.9. The van der Waals surface area contributed by atoms with Crippen LogP contribution in [0.3, 0.4) is 0 Å². The van der Waals surface area contributed by atoms with Gasteiger partial charge in [0.15, 0.2) is 5.96 Å². The van der Waals surface area contributed by atoms with Crippen molar-refractivity contribution < 1.29 is 17.9 Å². The number of nitrogens with zero attached hydrogens (tertiary/aromatic N) is 3. The Hall–Kier alpha value is -2.81. The van der Waals surface area contributed by atoms with Crippen LogP contribution in [0, 0.1) is 0 Å². The largest absolute Gasteiger partial charge is 0.411 e. The standard InChI is InChI=1S/C21H28F3N5O/c1-4-25-20(28-13-18-6-5-11-26-19(18)29(2)3)27-12-16-7-9-17(10-8-16)14-30-15-21(22,23)24/h5-11H,4,12-15H2,1-3H3,(H2,25,27,28). The molecule has 2 N–H and O–H groups in total. The van der Waals surface area contributed by atoms with Gasteiger partial charge in [-0.1, -0.05) is 30.3 Å². The van der Waals surface area contributed by atoms with E-state index in [1.54, 1.807) is 18.3 Å². The number of benzene rings is 1. The van der Waals surface area contributed by atoms with Gasteiger partial charge in [-0.05, 0) is 24.1 Å². The van der Waals surface area contributed by atoms with Gasteiger partial charge in [0.05, 0.1) is 13.2 Å². The topological polar surface area (TPSA) is 61.8 Å². The highest BCUT2D eigenvalue weighted by atomic mass is 19.4. The van der Waals surface area contributed by atoms with Gasteiger partial charge in [-0.3, -0.25) is 0 Å². The normalized spacial score (nSPS) is 12.0. The second-order valence-corrected chi connectivity index (χ2v) is 6.85. The van der Waals surface area contributed by atoms with E-state index in [0.717, 1.165) is 23.5 Å². The van der Waals surface area contributed by atoms with E-state index in [2.05, 4.69) is 25.3 Å². The first kappa shape index (κ1) is 23.5. The van der Waals surface area contributed by atoms with E-state index in [9.17, 15) is 13.2 Å². The number of pyridine rings is 1. The molecule has 0 amide bonds. The average Bonchev–Trinajstić information content (AvgIpc) is 2.70. The van der Waals surface area contributed by atoms with Crippen LogP contribution >= 0.6 is 0 Å². The minimum atomic E-state index is -4.31. The van der Waals surface area contributed by atoms with Crippen LogP contribution in [-0.2, 0) is 24.4 Å². The van der Waals surface area contributed by atoms with Gasteiger partial charge in [0.2, 0.25) is 0 Å². The maximum absolute atomic E-state index is 12.1. The van der Waals surface area contributed by atoms with E-state index in [0.29, 0.717) is 24.6 Å². The molecule has 2 rings (SSSR count). The van der Waals surface area contributed by atoms with Crippen molar-refractivity contribution in [2.45, 2.75) is 32.8 Å². The zero-order valence-corrected chi connectivity index (χ0v) is 17.5. The summed E-state index contributed by atoms with van der Waals surface area (Å²) in [6, 6.07) is 11.1. The smallest absolute Gasteiger partial charge is 0.367 e. The van der Waals surface area contributed by atoms with Gasteiger partial charge in [0.1, 0.15) is 12.4 Å². The highest BCUT2D eigenvalue weighted by molar-refractivity contribution is 5.79. The van der Waals surface area contributed by atoms with Crippen molar-refractivity contribution in [2.75, 3.05) is 32.1 Å². The number of hydrogen-bond acceptors (Lipinski definition) is 4. The van der Waals surface area contributed by atoms with E-state index < -0.39 is 12.8 Å². The minimum Gasteiger partial charge on any atom is -0.367 e. The fourth-order valence-corrected chi connectivity index (χ4v) is 2.69. The summed E-state index contributed by atoms with van der Waals surface area (Å²) in [5.74, 6) is 1.56. The molecule has 0 atom stereocenters. The Bertz CT molecular complexity index is 807. The van der Waals surface area contributed by atoms with Crippen molar-refractivity contribution in [3.05, 3.63) is 59.3 Å². The van der Waals surface area contributed by atoms with Crippen molar-refractivity contribution in [1.29, 1.82) is 0 Å². The number of halogens is 3. The fourth-order valence-electron chi connectivity index (χ4n) is 2.69. The van der Waals surface area contributed by atoms with E-state index in [1.165, 1.54) is 0 Å². The van der Waals surface area contributed by atoms with Crippen molar-refractivity contribution in [3.63, 3.8) is 0 Å². The maximum Gasteiger partial charge on any atom is 0.411 e. The van der Waals surface area contributed by atoms with Crippen molar-refractivity contribution in [3.8, 4) is 0 Å². The van der Waals surface area contributed by atoms with Gasteiger partial charge >= 0.3 is 6.18 Å². The van der Waals surface area contributed by atoms with Crippen LogP contribution < -0.4 is 15.5 Å². The molecular formula is C21H28F3N5O. The predicted octanol–water partition coefficient (Wildman–Crippen LogP) is 3.48. The van der Waals surface area contributed by atoms with Crippen LogP contribution in [0.4, 0.5) is 19.0 Å². The van der Waals surface area contributed by atoms with Crippen LogP contribution in [-0.4, -0.2) is 44.4 Å². The fraction of sp³-hybridized carbons (Fsp3) is 0.429. The maximum atomic E-state index is 12.1. The summed E-state index contributed by atoms with van der Waals surface area (Å²) in [7, 11) is 3.89. The van der Waals surface area contributed by atoms with Gasteiger partial charge in [-0.2, -0.15) is 13.2 Å². The highest BCUT2D eigenvalue weighted by Crippen LogP contribution is 2.16. The summed E-state index contributed by atoms with van der Waals surface area (Å²) < 4.78 is 41.1. The Kier molecular flexibility index (Phi) is 8.91. The number of anilines is 1. The number of aliphatic imine (C=N–C) groups is 1. The monoisotopic (exact) mass is 423 g/mol. The molecule has 0 bridgehead atoms. The lowest BCUT2D eigenvalue weighted by atomic mass is 10.1. The molecule has 6 nitrogen and oxygen atoms in total. The molecule has 0 spiro atoms. The van der Waals surface area contributed by atoms with Gasteiger partial charge in [0, 0.05) is 38.9 Å². The summed E-state index contributed by atoms with van der Waals surface area (Å²) in [5.41, 5.74) is 2.68. The number of nitrogens with one attached hydrogen (secondary N) is 2. The summed E-state index contributed by atoms with van der Waals surface area (Å²) >= 11 is 0. The molecule has 0 fully saturated rings. The van der Waals surface area contributed by atoms with Gasteiger partial charge in [0.25, 0.3) is 0 Å². The van der Waals surface area contributed by atoms with Gasteiger partial charge in [-0.15, -0.1) is 0 Å². The number of alkyl halides is 3. The Balaban J connectivity index is 1.93. The molecule has 1 aromatic heterocycles. The van der Waals surface area contributed by atoms with Crippen molar-refractivity contribution in [2.24, 2.45) is 4.99 Å². The lowest BCUT2D eigenvalue weighted by Crippen LogP contribution is -2.37. The first-order valence-corrected chi connectivity index (χ1v) is 9.64. The van der Waals surface area contributed by atoms with E-state index in [1.807, 2.05) is 50.2 Å². The third-order valence-electron chi connectivity index (χ3n) is 4.06. The number of aromatic nitrogens is 1. The SMILES string of the molecule is CCNC(=NCc1ccc(COCC(F)(F)F)cc1)NCc1cccnc1N(C)C. The second-order valence-electron chi connectivity index (χ2n) is 6.85. The van der Waals surface area contributed by atoms with Gasteiger partial charge < -0.3 is 20.3 Å². The summed E-state index contributed by atoms with van der Waals surface area (Å²) in [5, 5.41) is 6.51. The predicted molar refractivity (Wildman–Crippen MR) is 112 cm³/mol. The quantitative estimate of drug-likeness (QED) is 0.478. The zero-order valence-electron chi connectivity index (χ0n) is 17.5. The minimum absolute atomic E-state index is 0.0768. The third-order valence-corrected chi connectivity index (χ3v) is 4.06. The Morgan fingerprint density at radius 1 is 1.10 bits per heavy atom. The Morgan fingerprint density at radius 2 is 1.80 bits per heavy atom. The molecule has 30 heavy (non-hydrogen) atoms. The molecule has 9 heteroatoms. The molecule has 164 valence electrons. The second kappa shape index (κ2) is 11.4. The van der Waals surface area contributed by atoms with Crippen LogP contribution in [0.2, 0.25) is 0 Å². The van der Waals surface area contributed by atoms with E-state index >= 15 is 0 Å². The molecule has 2 aromatic rings. The molecular weight excluding hydrogens is 395 g/mol. The Labute approximate surface area is 175 Å². The molecule has 1 aromatic carbocycles. The number of guanidine groups is 1. The van der Waals surface area contributed by atoms with Crippen LogP contribution in [0.25, 0.3) is 0 Å². The lowest BCUT2D eigenvalue weighted by molar-refractivity contribution is -0.176. The van der Waals surface area contributed by atoms with Crippen LogP contribution in [0.15, 0.2) is 47.6 Å². The molecule has 0 saturated heterocycles. The zero-order chi connectivity index (χ0) is 22.0. The van der Waals surface area contributed by atoms with Crippen molar-refractivity contribution >= 4 is 11.8 Å². The Morgan fingerprint density at radius 3 is 2.43 bits per heavy atom. The average molecular weight is 423 g/mol. The van der Waals surface area contributed by atoms with Crippen molar-refractivity contribution in [1.82, 2.24) is 15.6 Å². The first-order chi connectivity index (χ1) is 14.3. The van der Waals surface area contributed by atoms with Crippen LogP contribution in [0.1, 0.15) is 23.6 Å². The van der Waals surface area contributed by atoms with Crippen LogP contribution in [0.5, 0.6) is 0 Å². The summed E-state index contributed by atoms with van der Waals surface area (Å²) in [6.45, 7) is 2.39. The molecule has 0 aliphatic rings. The van der Waals surface area contributed by atoms with E-state index in [4.69, 9.17) is 0 Å². The summed E-state index contributed by atoms with van der Waals surface area (Å²) in [6.07, 6.45) is -2.55. The molecule has 0 aliphatic heterocycles. The number of rotatable bonds is 9. The van der Waals surface area contributed by atoms with Gasteiger partial charge in [-0.25, -0.2) is 9.98 Å². The molecule has 0 radical (unpaired) electrons. The third kappa shape index (κ3) is 8.28. The number of hydrogen-bond donors (Lipinski definition) is 2. The lowest BCUT2D eigenvalue weighted by Gasteiger charge is -2.17. The molecule has 0 aliphatic carbocycles. The highest BCUT2D eigenvalue weighted by Gasteiger charge is 2.27. The molecule has 0 unspecified atom stereocenters. The van der Waals surface area contributed by atoms with E-state index in [-0.39, 0.29) is 6.61 Å². The first-order valence-electron chi connectivity index (χ1n) is 9.64. The molecule has 1 heterocycles. The number of ether oxygens (including phenoxy) is 1. The molecule has 0 saturated carbocycles.